The Bertz CT molecular complexity index is 672. The third-order valence-electron chi connectivity index (χ3n) is 4.38. The summed E-state index contributed by atoms with van der Waals surface area (Å²) in [5, 5.41) is 2.87. The van der Waals surface area contributed by atoms with Crippen LogP contribution in [0.1, 0.15) is 19.8 Å². The lowest BCUT2D eigenvalue weighted by Gasteiger charge is -2.17. The molecule has 1 aliphatic rings. The number of hydrogen-bond donors (Lipinski definition) is 2. The van der Waals surface area contributed by atoms with E-state index in [-0.39, 0.29) is 24.4 Å². The van der Waals surface area contributed by atoms with Crippen molar-refractivity contribution >= 4 is 18.3 Å². The zero-order chi connectivity index (χ0) is 16.9. The number of ether oxygens (including phenoxy) is 1. The van der Waals surface area contributed by atoms with E-state index in [1.807, 2.05) is 42.5 Å². The van der Waals surface area contributed by atoms with Gasteiger partial charge in [0.2, 0.25) is 0 Å². The summed E-state index contributed by atoms with van der Waals surface area (Å²) in [6.45, 7) is 2.27. The Hall–Kier alpha value is -2.04. The van der Waals surface area contributed by atoms with E-state index in [2.05, 4.69) is 17.4 Å². The van der Waals surface area contributed by atoms with Crippen molar-refractivity contribution in [3.05, 3.63) is 54.6 Å². The van der Waals surface area contributed by atoms with Crippen molar-refractivity contribution in [2.24, 2.45) is 11.7 Å². The van der Waals surface area contributed by atoms with Crippen LogP contribution in [0.4, 0.5) is 0 Å². The second-order valence-electron chi connectivity index (χ2n) is 6.40. The molecule has 1 saturated carbocycles. The molecular weight excluding hydrogens is 336 g/mol. The van der Waals surface area contributed by atoms with Crippen molar-refractivity contribution in [1.82, 2.24) is 5.32 Å². The monoisotopic (exact) mass is 360 g/mol. The molecule has 0 saturated heterocycles. The summed E-state index contributed by atoms with van der Waals surface area (Å²) in [5.74, 6) is 1.13. The van der Waals surface area contributed by atoms with E-state index in [0.29, 0.717) is 18.2 Å². The molecule has 1 aliphatic carbocycles. The third-order valence-corrected chi connectivity index (χ3v) is 4.38. The fraction of sp³-hybridized carbons (Fsp3) is 0.350. The summed E-state index contributed by atoms with van der Waals surface area (Å²) in [4.78, 5) is 12.1. The van der Waals surface area contributed by atoms with Crippen LogP contribution in [0.25, 0.3) is 11.1 Å². The second kappa shape index (κ2) is 8.88. The molecule has 4 nitrogen and oxygen atoms in total. The standard InChI is InChI=1S/C20H24N2O2.ClH/c1-14(20(23)22-13-19(21)17-7-8-17)24-18-11-9-16(10-12-18)15-5-3-2-4-6-15;/h2-6,9-12,14,17,19H,7-8,13,21H2,1H3,(H,22,23);1H. The summed E-state index contributed by atoms with van der Waals surface area (Å²) >= 11 is 0. The Labute approximate surface area is 155 Å². The number of hydrogen-bond acceptors (Lipinski definition) is 3. The summed E-state index contributed by atoms with van der Waals surface area (Å²) < 4.78 is 5.72. The third kappa shape index (κ3) is 5.48. The van der Waals surface area contributed by atoms with Gasteiger partial charge in [0.1, 0.15) is 5.75 Å². The molecule has 0 radical (unpaired) electrons. The number of nitrogens with one attached hydrogen (secondary N) is 1. The van der Waals surface area contributed by atoms with Crippen LogP contribution in [0, 0.1) is 5.92 Å². The van der Waals surface area contributed by atoms with Crippen LogP contribution in [-0.2, 0) is 4.79 Å². The van der Waals surface area contributed by atoms with Gasteiger partial charge in [0.05, 0.1) is 0 Å². The Balaban J connectivity index is 0.00000225. The van der Waals surface area contributed by atoms with Crippen LogP contribution in [0.2, 0.25) is 0 Å². The molecule has 134 valence electrons. The normalized spacial score (nSPS) is 15.6. The minimum Gasteiger partial charge on any atom is -0.481 e. The maximum atomic E-state index is 12.1. The molecule has 2 aromatic rings. The highest BCUT2D eigenvalue weighted by Crippen LogP contribution is 2.31. The number of carbonyl (C=O) groups excluding carboxylic acids is 1. The Morgan fingerprint density at radius 2 is 1.72 bits per heavy atom. The predicted molar refractivity (Wildman–Crippen MR) is 103 cm³/mol. The van der Waals surface area contributed by atoms with Crippen molar-refractivity contribution in [2.45, 2.75) is 31.9 Å². The lowest BCUT2D eigenvalue weighted by Crippen LogP contribution is -2.43. The van der Waals surface area contributed by atoms with Gasteiger partial charge in [-0.2, -0.15) is 0 Å². The van der Waals surface area contributed by atoms with Crippen molar-refractivity contribution in [2.75, 3.05) is 6.54 Å². The maximum absolute atomic E-state index is 12.1. The van der Waals surface area contributed by atoms with Crippen molar-refractivity contribution in [1.29, 1.82) is 0 Å². The fourth-order valence-corrected chi connectivity index (χ4v) is 2.67. The van der Waals surface area contributed by atoms with Gasteiger partial charge in [0, 0.05) is 12.6 Å². The summed E-state index contributed by atoms with van der Waals surface area (Å²) in [5.41, 5.74) is 8.27. The number of halogens is 1. The first kappa shape index (κ1) is 19.3. The van der Waals surface area contributed by atoms with Gasteiger partial charge in [-0.05, 0) is 48.9 Å². The Morgan fingerprint density at radius 3 is 2.32 bits per heavy atom. The molecule has 2 atom stereocenters. The van der Waals surface area contributed by atoms with Crippen molar-refractivity contribution < 1.29 is 9.53 Å². The van der Waals surface area contributed by atoms with E-state index < -0.39 is 6.10 Å². The lowest BCUT2D eigenvalue weighted by molar-refractivity contribution is -0.127. The van der Waals surface area contributed by atoms with E-state index in [0.717, 1.165) is 11.1 Å². The molecule has 0 aliphatic heterocycles. The molecule has 0 heterocycles. The summed E-state index contributed by atoms with van der Waals surface area (Å²) in [6.07, 6.45) is 1.81. The first-order valence-electron chi connectivity index (χ1n) is 8.49. The SMILES string of the molecule is CC(Oc1ccc(-c2ccccc2)cc1)C(=O)NCC(N)C1CC1.Cl. The number of nitrogens with two attached hydrogens (primary N) is 1. The summed E-state index contributed by atoms with van der Waals surface area (Å²) in [7, 11) is 0. The van der Waals surface area contributed by atoms with Crippen LogP contribution in [-0.4, -0.2) is 24.6 Å². The van der Waals surface area contributed by atoms with Crippen LogP contribution < -0.4 is 15.8 Å². The Morgan fingerprint density at radius 1 is 1.12 bits per heavy atom. The summed E-state index contributed by atoms with van der Waals surface area (Å²) in [6, 6.07) is 18.0. The van der Waals surface area contributed by atoms with Crippen LogP contribution in [0.5, 0.6) is 5.75 Å². The van der Waals surface area contributed by atoms with Crippen LogP contribution in [0.15, 0.2) is 54.6 Å². The number of carbonyl (C=O) groups is 1. The number of rotatable bonds is 7. The van der Waals surface area contributed by atoms with Crippen molar-refractivity contribution in [3.8, 4) is 16.9 Å². The van der Waals surface area contributed by atoms with E-state index >= 15 is 0 Å². The molecule has 0 aromatic heterocycles. The molecular formula is C20H25ClN2O2. The largest absolute Gasteiger partial charge is 0.481 e. The molecule has 25 heavy (non-hydrogen) atoms. The van der Waals surface area contributed by atoms with Gasteiger partial charge in [0.15, 0.2) is 6.10 Å². The lowest BCUT2D eigenvalue weighted by atomic mass is 10.1. The van der Waals surface area contributed by atoms with Gasteiger partial charge in [0.25, 0.3) is 5.91 Å². The van der Waals surface area contributed by atoms with Gasteiger partial charge >= 0.3 is 0 Å². The first-order valence-corrected chi connectivity index (χ1v) is 8.49. The molecule has 3 N–H and O–H groups in total. The first-order chi connectivity index (χ1) is 11.6. The van der Waals surface area contributed by atoms with E-state index in [9.17, 15) is 4.79 Å². The minimum atomic E-state index is -0.543. The van der Waals surface area contributed by atoms with Crippen molar-refractivity contribution in [3.63, 3.8) is 0 Å². The fourth-order valence-electron chi connectivity index (χ4n) is 2.67. The average Bonchev–Trinajstić information content (AvgIpc) is 3.46. The highest BCUT2D eigenvalue weighted by molar-refractivity contribution is 5.85. The Kier molecular flexibility index (Phi) is 6.85. The van der Waals surface area contributed by atoms with Crippen LogP contribution >= 0.6 is 12.4 Å². The zero-order valence-electron chi connectivity index (χ0n) is 14.4. The zero-order valence-corrected chi connectivity index (χ0v) is 15.2. The smallest absolute Gasteiger partial charge is 0.260 e. The average molecular weight is 361 g/mol. The van der Waals surface area contributed by atoms with E-state index in [1.165, 1.54) is 12.8 Å². The molecule has 0 spiro atoms. The van der Waals surface area contributed by atoms with Gasteiger partial charge in [-0.1, -0.05) is 42.5 Å². The second-order valence-corrected chi connectivity index (χ2v) is 6.40. The van der Waals surface area contributed by atoms with Crippen LogP contribution in [0.3, 0.4) is 0 Å². The molecule has 1 amide bonds. The van der Waals surface area contributed by atoms with Gasteiger partial charge in [-0.25, -0.2) is 0 Å². The predicted octanol–water partition coefficient (Wildman–Crippen LogP) is 3.40. The highest BCUT2D eigenvalue weighted by Gasteiger charge is 2.29. The number of benzene rings is 2. The topological polar surface area (TPSA) is 64.3 Å². The molecule has 5 heteroatoms. The van der Waals surface area contributed by atoms with E-state index in [1.54, 1.807) is 6.92 Å². The molecule has 2 unspecified atom stereocenters. The van der Waals surface area contributed by atoms with Gasteiger partial charge < -0.3 is 15.8 Å². The minimum absolute atomic E-state index is 0. The quantitative estimate of drug-likeness (QED) is 0.795. The molecule has 3 rings (SSSR count). The maximum Gasteiger partial charge on any atom is 0.260 e. The molecule has 2 aromatic carbocycles. The van der Waals surface area contributed by atoms with E-state index in [4.69, 9.17) is 10.5 Å². The molecule has 1 fully saturated rings. The number of amides is 1. The molecule has 0 bridgehead atoms. The highest BCUT2D eigenvalue weighted by atomic mass is 35.5. The van der Waals surface area contributed by atoms with Gasteiger partial charge in [-0.3, -0.25) is 4.79 Å². The van der Waals surface area contributed by atoms with Gasteiger partial charge in [-0.15, -0.1) is 12.4 Å².